The molecule has 2 aromatic rings. The maximum absolute atomic E-state index is 13.9. The van der Waals surface area contributed by atoms with Gasteiger partial charge in [-0.05, 0) is 43.2 Å². The fraction of sp³-hybridized carbons (Fsp3) is 0.435. The van der Waals surface area contributed by atoms with Gasteiger partial charge >= 0.3 is 0 Å². The SMILES string of the molecule is CCNC(=NCc1cc(OC)c(OC)c(OC)c1)NCC(CC)Oc1ccccc1F. The van der Waals surface area contributed by atoms with Gasteiger partial charge in [0.15, 0.2) is 29.0 Å². The summed E-state index contributed by atoms with van der Waals surface area (Å²) < 4.78 is 35.8. The average Bonchev–Trinajstić information content (AvgIpc) is 2.80. The molecule has 0 aliphatic carbocycles. The van der Waals surface area contributed by atoms with E-state index in [0.29, 0.717) is 49.3 Å². The van der Waals surface area contributed by atoms with Gasteiger partial charge in [-0.15, -0.1) is 0 Å². The summed E-state index contributed by atoms with van der Waals surface area (Å²) in [6.07, 6.45) is 0.509. The topological polar surface area (TPSA) is 73.3 Å². The molecule has 0 aromatic heterocycles. The maximum atomic E-state index is 13.9. The van der Waals surface area contributed by atoms with Gasteiger partial charge in [0, 0.05) is 6.54 Å². The maximum Gasteiger partial charge on any atom is 0.203 e. The first-order valence-electron chi connectivity index (χ1n) is 10.3. The third kappa shape index (κ3) is 6.94. The van der Waals surface area contributed by atoms with Crippen LogP contribution in [0.3, 0.4) is 0 Å². The van der Waals surface area contributed by atoms with Crippen LogP contribution < -0.4 is 29.6 Å². The smallest absolute Gasteiger partial charge is 0.203 e. The Morgan fingerprint density at radius 2 is 1.65 bits per heavy atom. The number of para-hydroxylation sites is 1. The third-order valence-electron chi connectivity index (χ3n) is 4.57. The summed E-state index contributed by atoms with van der Waals surface area (Å²) in [6.45, 7) is 5.56. The molecule has 0 aliphatic heterocycles. The van der Waals surface area contributed by atoms with Crippen LogP contribution in [0.1, 0.15) is 25.8 Å². The first-order chi connectivity index (χ1) is 15.1. The first-order valence-corrected chi connectivity index (χ1v) is 10.3. The molecule has 1 atom stereocenters. The van der Waals surface area contributed by atoms with Crippen molar-refractivity contribution in [2.45, 2.75) is 32.9 Å². The number of benzene rings is 2. The Labute approximate surface area is 183 Å². The standard InChI is InChI=1S/C23H32FN3O4/c1-6-17(31-19-11-9-8-10-18(19)24)15-27-23(25-7-2)26-14-16-12-20(28-3)22(30-5)21(13-16)29-4/h8-13,17H,6-7,14-15H2,1-5H3,(H2,25,26,27). The van der Waals surface area contributed by atoms with Gasteiger partial charge in [-0.2, -0.15) is 0 Å². The molecule has 2 N–H and O–H groups in total. The van der Waals surface area contributed by atoms with E-state index in [1.165, 1.54) is 6.07 Å². The van der Waals surface area contributed by atoms with Crippen LogP contribution in [0.4, 0.5) is 4.39 Å². The zero-order valence-corrected chi connectivity index (χ0v) is 18.8. The van der Waals surface area contributed by atoms with Crippen LogP contribution in [0, 0.1) is 5.82 Å². The van der Waals surface area contributed by atoms with Gasteiger partial charge in [0.2, 0.25) is 5.75 Å². The molecule has 31 heavy (non-hydrogen) atoms. The molecule has 0 fully saturated rings. The molecule has 0 saturated heterocycles. The molecule has 2 aromatic carbocycles. The van der Waals surface area contributed by atoms with Gasteiger partial charge in [0.25, 0.3) is 0 Å². The number of guanidine groups is 1. The second kappa shape index (κ2) is 12.5. The quantitative estimate of drug-likeness (QED) is 0.415. The van der Waals surface area contributed by atoms with E-state index in [1.807, 2.05) is 26.0 Å². The largest absolute Gasteiger partial charge is 0.493 e. The highest BCUT2D eigenvalue weighted by atomic mass is 19.1. The lowest BCUT2D eigenvalue weighted by molar-refractivity contribution is 0.191. The number of hydrogen-bond donors (Lipinski definition) is 2. The van der Waals surface area contributed by atoms with Gasteiger partial charge in [-0.3, -0.25) is 0 Å². The minimum Gasteiger partial charge on any atom is -0.493 e. The fourth-order valence-electron chi connectivity index (χ4n) is 2.94. The molecule has 0 heterocycles. The van der Waals surface area contributed by atoms with Crippen LogP contribution in [-0.2, 0) is 6.54 Å². The predicted octanol–water partition coefficient (Wildman–Crippen LogP) is 3.76. The molecule has 7 nitrogen and oxygen atoms in total. The molecule has 170 valence electrons. The van der Waals surface area contributed by atoms with Crippen molar-refractivity contribution in [2.24, 2.45) is 4.99 Å². The number of methoxy groups -OCH3 is 3. The Morgan fingerprint density at radius 1 is 0.968 bits per heavy atom. The zero-order valence-electron chi connectivity index (χ0n) is 18.8. The molecule has 0 spiro atoms. The molecule has 1 unspecified atom stereocenters. The highest BCUT2D eigenvalue weighted by molar-refractivity contribution is 5.79. The first kappa shape index (κ1) is 24.1. The molecule has 0 aliphatic rings. The molecule has 0 saturated carbocycles. The van der Waals surface area contributed by atoms with Crippen molar-refractivity contribution < 1.29 is 23.3 Å². The summed E-state index contributed by atoms with van der Waals surface area (Å²) in [6, 6.07) is 10.1. The van der Waals surface area contributed by atoms with E-state index >= 15 is 0 Å². The summed E-state index contributed by atoms with van der Waals surface area (Å²) in [5, 5.41) is 6.48. The van der Waals surface area contributed by atoms with Crippen molar-refractivity contribution in [3.8, 4) is 23.0 Å². The number of rotatable bonds is 11. The second-order valence-corrected chi connectivity index (χ2v) is 6.69. The number of hydrogen-bond acceptors (Lipinski definition) is 5. The van der Waals surface area contributed by atoms with Crippen LogP contribution in [0.25, 0.3) is 0 Å². The Morgan fingerprint density at radius 3 is 2.19 bits per heavy atom. The molecule has 8 heteroatoms. The van der Waals surface area contributed by atoms with Gasteiger partial charge in [0.1, 0.15) is 6.10 Å². The van der Waals surface area contributed by atoms with Crippen molar-refractivity contribution in [1.82, 2.24) is 10.6 Å². The highest BCUT2D eigenvalue weighted by Gasteiger charge is 2.14. The van der Waals surface area contributed by atoms with Crippen LogP contribution in [0.15, 0.2) is 41.4 Å². The van der Waals surface area contributed by atoms with Crippen LogP contribution >= 0.6 is 0 Å². The fourth-order valence-corrected chi connectivity index (χ4v) is 2.94. The average molecular weight is 434 g/mol. The number of aliphatic imine (C=N–C) groups is 1. The monoisotopic (exact) mass is 433 g/mol. The van der Waals surface area contributed by atoms with E-state index in [-0.39, 0.29) is 17.7 Å². The van der Waals surface area contributed by atoms with Crippen molar-refractivity contribution in [1.29, 1.82) is 0 Å². The minimum atomic E-state index is -0.371. The molecular formula is C23H32FN3O4. The van der Waals surface area contributed by atoms with Crippen LogP contribution in [0.5, 0.6) is 23.0 Å². The molecule has 2 rings (SSSR count). The predicted molar refractivity (Wildman–Crippen MR) is 120 cm³/mol. The Bertz CT molecular complexity index is 835. The Hall–Kier alpha value is -3.16. The number of ether oxygens (including phenoxy) is 4. The summed E-state index contributed by atoms with van der Waals surface area (Å²) >= 11 is 0. The van der Waals surface area contributed by atoms with Crippen molar-refractivity contribution in [3.05, 3.63) is 47.8 Å². The van der Waals surface area contributed by atoms with Crippen LogP contribution in [0.2, 0.25) is 0 Å². The lowest BCUT2D eigenvalue weighted by atomic mass is 10.2. The van der Waals surface area contributed by atoms with E-state index in [0.717, 1.165) is 5.56 Å². The van der Waals surface area contributed by atoms with Crippen molar-refractivity contribution in [3.63, 3.8) is 0 Å². The highest BCUT2D eigenvalue weighted by Crippen LogP contribution is 2.38. The summed E-state index contributed by atoms with van der Waals surface area (Å²) in [5.74, 6) is 2.20. The summed E-state index contributed by atoms with van der Waals surface area (Å²) in [4.78, 5) is 4.63. The molecule has 0 amide bonds. The second-order valence-electron chi connectivity index (χ2n) is 6.69. The van der Waals surface area contributed by atoms with Gasteiger partial charge in [0.05, 0.1) is 34.4 Å². The summed E-state index contributed by atoms with van der Waals surface area (Å²) in [7, 11) is 4.73. The van der Waals surface area contributed by atoms with E-state index in [4.69, 9.17) is 18.9 Å². The molecular weight excluding hydrogens is 401 g/mol. The van der Waals surface area contributed by atoms with E-state index < -0.39 is 0 Å². The van der Waals surface area contributed by atoms with Gasteiger partial charge < -0.3 is 29.6 Å². The van der Waals surface area contributed by atoms with Gasteiger partial charge in [-0.25, -0.2) is 9.38 Å². The lowest BCUT2D eigenvalue weighted by Crippen LogP contribution is -2.42. The zero-order chi connectivity index (χ0) is 22.6. The summed E-state index contributed by atoms with van der Waals surface area (Å²) in [5.41, 5.74) is 0.904. The number of nitrogens with zero attached hydrogens (tertiary/aromatic N) is 1. The lowest BCUT2D eigenvalue weighted by Gasteiger charge is -2.20. The normalized spacial score (nSPS) is 12.1. The third-order valence-corrected chi connectivity index (χ3v) is 4.57. The van der Waals surface area contributed by atoms with Crippen LogP contribution in [-0.4, -0.2) is 46.5 Å². The Balaban J connectivity index is 2.08. The van der Waals surface area contributed by atoms with E-state index in [2.05, 4.69) is 15.6 Å². The molecule has 0 bridgehead atoms. The number of halogens is 1. The van der Waals surface area contributed by atoms with E-state index in [9.17, 15) is 4.39 Å². The van der Waals surface area contributed by atoms with Crippen molar-refractivity contribution in [2.75, 3.05) is 34.4 Å². The van der Waals surface area contributed by atoms with Crippen molar-refractivity contribution >= 4 is 5.96 Å². The van der Waals surface area contributed by atoms with Gasteiger partial charge in [-0.1, -0.05) is 19.1 Å². The minimum absolute atomic E-state index is 0.207. The number of nitrogens with one attached hydrogen (secondary N) is 2. The van der Waals surface area contributed by atoms with E-state index in [1.54, 1.807) is 39.5 Å². The Kier molecular flexibility index (Phi) is 9.74. The molecule has 0 radical (unpaired) electrons.